The second-order valence-electron chi connectivity index (χ2n) is 16.0. The van der Waals surface area contributed by atoms with Crippen molar-refractivity contribution in [1.29, 1.82) is 0 Å². The number of aliphatic hydroxyl groups is 1. The van der Waals surface area contributed by atoms with E-state index in [-0.39, 0.29) is 47.9 Å². The number of allylic oxidation sites excluding steroid dienone is 2. The third-order valence-corrected chi connectivity index (χ3v) is 14.8. The van der Waals surface area contributed by atoms with Crippen molar-refractivity contribution in [3.8, 4) is 11.3 Å². The number of carbonyl (C=O) groups excluding carboxylic acids is 1. The summed E-state index contributed by atoms with van der Waals surface area (Å²) in [6.07, 6.45) is 7.61. The number of rotatable bonds is 10. The number of nitrogens with zero attached hydrogens (tertiary/aromatic N) is 2. The van der Waals surface area contributed by atoms with Crippen LogP contribution in [0.15, 0.2) is 47.8 Å². The quantitative estimate of drug-likeness (QED) is 0.0844. The number of aryl methyl sites for hydroxylation is 1. The fraction of sp³-hybridized carbons (Fsp3) is 0.477. The van der Waals surface area contributed by atoms with Crippen molar-refractivity contribution < 1.29 is 30.0 Å². The molecule has 0 atom stereocenters. The summed E-state index contributed by atoms with van der Waals surface area (Å²) in [5.74, 6) is 0.940. The van der Waals surface area contributed by atoms with Crippen LogP contribution in [0, 0.1) is 29.7 Å². The minimum absolute atomic E-state index is 0. The molecule has 6 aromatic rings. The standard InChI is InChI=1S/C29H27N2S3.C15H28O2.Ir/c1-15(2)11-22-16(3)19-7-8-20-24-28(34-27(20)26(19)33-22)23(30-14-31-24)18-12-17-9-10-32-25(17)21(13-18)29(4,5)6;1-7-14(5,8-2)12(16)11-13(17)15(6,9-3)10-4;/h7-10,13-15H,11H2,1-6H3;11,16H,7-10H2,1-6H3;/q-1;;/b;12-11-;. The molecule has 0 aliphatic heterocycles. The van der Waals surface area contributed by atoms with Crippen LogP contribution in [-0.2, 0) is 36.7 Å². The Morgan fingerprint density at radius 2 is 1.48 bits per heavy atom. The first-order valence-electron chi connectivity index (χ1n) is 18.5. The zero-order valence-corrected chi connectivity index (χ0v) is 37.8. The van der Waals surface area contributed by atoms with E-state index in [1.165, 1.54) is 52.3 Å². The molecular formula is C44H55IrN2O2S3-. The molecule has 4 aromatic heterocycles. The molecule has 1 N–H and O–H groups in total. The average Bonchev–Trinajstić information content (AvgIpc) is 3.82. The van der Waals surface area contributed by atoms with Crippen LogP contribution in [0.4, 0.5) is 0 Å². The predicted octanol–water partition coefficient (Wildman–Crippen LogP) is 14.2. The van der Waals surface area contributed by atoms with Gasteiger partial charge in [0, 0.05) is 57.7 Å². The zero-order valence-electron chi connectivity index (χ0n) is 33.0. The molecule has 1 radical (unpaired) electrons. The van der Waals surface area contributed by atoms with Crippen LogP contribution in [0.2, 0.25) is 0 Å². The van der Waals surface area contributed by atoms with Gasteiger partial charge in [-0.25, -0.2) is 4.98 Å². The van der Waals surface area contributed by atoms with Crippen LogP contribution in [-0.4, -0.2) is 20.9 Å². The van der Waals surface area contributed by atoms with Crippen LogP contribution >= 0.6 is 34.0 Å². The number of aromatic nitrogens is 2. The van der Waals surface area contributed by atoms with Gasteiger partial charge in [-0.15, -0.1) is 46.3 Å². The van der Waals surface area contributed by atoms with Crippen molar-refractivity contribution in [2.75, 3.05) is 0 Å². The van der Waals surface area contributed by atoms with Gasteiger partial charge in [-0.3, -0.25) is 9.78 Å². The minimum Gasteiger partial charge on any atom is -0.512 e. The first-order valence-corrected chi connectivity index (χ1v) is 21.0. The smallest absolute Gasteiger partial charge is 0.164 e. The Balaban J connectivity index is 0.000000289. The van der Waals surface area contributed by atoms with Crippen LogP contribution in [0.5, 0.6) is 0 Å². The maximum Gasteiger partial charge on any atom is 0.164 e. The van der Waals surface area contributed by atoms with Gasteiger partial charge in [0.2, 0.25) is 0 Å². The molecule has 2 aromatic carbocycles. The molecule has 0 aliphatic rings. The second-order valence-corrected chi connectivity index (χ2v) is 19.1. The van der Waals surface area contributed by atoms with Crippen LogP contribution in [0.1, 0.15) is 118 Å². The molecule has 0 bridgehead atoms. The molecule has 281 valence electrons. The molecule has 0 amide bonds. The van der Waals surface area contributed by atoms with Gasteiger partial charge < -0.3 is 5.11 Å². The molecule has 52 heavy (non-hydrogen) atoms. The molecule has 4 heterocycles. The van der Waals surface area contributed by atoms with Gasteiger partial charge in [-0.05, 0) is 71.4 Å². The largest absolute Gasteiger partial charge is 0.512 e. The first kappa shape index (κ1) is 42.3. The van der Waals surface area contributed by atoms with E-state index in [0.29, 0.717) is 5.92 Å². The van der Waals surface area contributed by atoms with E-state index < -0.39 is 0 Å². The third-order valence-electron chi connectivity index (χ3n) is 11.1. The first-order chi connectivity index (χ1) is 24.0. The summed E-state index contributed by atoms with van der Waals surface area (Å²) in [4.78, 5) is 23.2. The number of carbonyl (C=O) groups is 1. The fourth-order valence-corrected chi connectivity index (χ4v) is 10.5. The number of benzene rings is 2. The van der Waals surface area contributed by atoms with Crippen molar-refractivity contribution >= 4 is 80.3 Å². The van der Waals surface area contributed by atoms with E-state index in [2.05, 4.69) is 77.3 Å². The normalized spacial score (nSPS) is 12.9. The van der Waals surface area contributed by atoms with Crippen molar-refractivity contribution in [3.63, 3.8) is 0 Å². The number of fused-ring (bicyclic) bond motifs is 6. The Morgan fingerprint density at radius 3 is 2.08 bits per heavy atom. The van der Waals surface area contributed by atoms with E-state index in [1.807, 2.05) is 64.2 Å². The fourth-order valence-electron chi connectivity index (χ4n) is 6.49. The summed E-state index contributed by atoms with van der Waals surface area (Å²) < 4.78 is 5.22. The average molecular weight is 932 g/mol. The van der Waals surface area contributed by atoms with E-state index >= 15 is 0 Å². The molecular weight excluding hydrogens is 877 g/mol. The van der Waals surface area contributed by atoms with Crippen molar-refractivity contribution in [1.82, 2.24) is 9.97 Å². The number of aliphatic hydroxyl groups excluding tert-OH is 1. The Hall–Kier alpha value is -2.48. The molecule has 0 unspecified atom stereocenters. The number of hydrogen-bond acceptors (Lipinski definition) is 7. The maximum atomic E-state index is 12.2. The summed E-state index contributed by atoms with van der Waals surface area (Å²) in [5.41, 5.74) is 5.35. The number of hydrogen-bond donors (Lipinski definition) is 1. The van der Waals surface area contributed by atoms with E-state index in [0.717, 1.165) is 53.6 Å². The summed E-state index contributed by atoms with van der Waals surface area (Å²) in [5, 5.41) is 16.1. The summed E-state index contributed by atoms with van der Waals surface area (Å²) >= 11 is 5.61. The zero-order chi connectivity index (χ0) is 37.5. The van der Waals surface area contributed by atoms with Gasteiger partial charge in [0.25, 0.3) is 0 Å². The van der Waals surface area contributed by atoms with Gasteiger partial charge in [0.05, 0.1) is 14.9 Å². The number of thiophene rings is 3. The molecule has 0 fully saturated rings. The molecule has 8 heteroatoms. The van der Waals surface area contributed by atoms with Crippen LogP contribution in [0.25, 0.3) is 51.7 Å². The Bertz CT molecular complexity index is 2220. The van der Waals surface area contributed by atoms with Gasteiger partial charge in [0.1, 0.15) is 12.1 Å². The van der Waals surface area contributed by atoms with Gasteiger partial charge >= 0.3 is 0 Å². The molecule has 0 aliphatic carbocycles. The second kappa shape index (κ2) is 16.5. The van der Waals surface area contributed by atoms with E-state index in [1.54, 1.807) is 17.7 Å². The van der Waals surface area contributed by atoms with Gasteiger partial charge in [0.15, 0.2) is 5.78 Å². The molecule has 0 saturated carbocycles. The van der Waals surface area contributed by atoms with E-state index in [9.17, 15) is 9.90 Å². The summed E-state index contributed by atoms with van der Waals surface area (Å²) in [6, 6.07) is 12.7. The topological polar surface area (TPSA) is 63.1 Å². The Morgan fingerprint density at radius 1 is 0.865 bits per heavy atom. The van der Waals surface area contributed by atoms with E-state index in [4.69, 9.17) is 9.97 Å². The molecule has 4 nitrogen and oxygen atoms in total. The van der Waals surface area contributed by atoms with Gasteiger partial charge in [-0.1, -0.05) is 99.4 Å². The summed E-state index contributed by atoms with van der Waals surface area (Å²) in [7, 11) is 0. The predicted molar refractivity (Wildman–Crippen MR) is 225 cm³/mol. The molecule has 6 rings (SSSR count). The maximum absolute atomic E-state index is 12.2. The Kier molecular flexibility index (Phi) is 13.4. The van der Waals surface area contributed by atoms with Crippen molar-refractivity contribution in [2.45, 2.75) is 121 Å². The molecule has 0 saturated heterocycles. The van der Waals surface area contributed by atoms with Crippen molar-refractivity contribution in [2.24, 2.45) is 16.7 Å². The monoisotopic (exact) mass is 932 g/mol. The third kappa shape index (κ3) is 8.12. The van der Waals surface area contributed by atoms with Crippen molar-refractivity contribution in [3.05, 3.63) is 69.9 Å². The number of ketones is 1. The van der Waals surface area contributed by atoms with Crippen LogP contribution in [0.3, 0.4) is 0 Å². The Labute approximate surface area is 336 Å². The SMILES string of the molecule is CCC(C)(CC)C(=O)/C=C(\O)C(C)(CC)CC.Cc1c(CC(C)C)sc2c1ccc1c3ncnc(-c4[c-]c5ccsc5c(C(C)(C)C)c4)c3sc12.[Ir]. The summed E-state index contributed by atoms with van der Waals surface area (Å²) in [6.45, 7) is 25.8. The van der Waals surface area contributed by atoms with Gasteiger partial charge in [-0.2, -0.15) is 11.3 Å². The molecule has 0 spiro atoms. The van der Waals surface area contributed by atoms with Crippen LogP contribution < -0.4 is 0 Å². The minimum atomic E-state index is -0.337.